The van der Waals surface area contributed by atoms with Gasteiger partial charge in [-0.1, -0.05) is 0 Å². The van der Waals surface area contributed by atoms with Crippen molar-refractivity contribution < 1.29 is 4.74 Å². The van der Waals surface area contributed by atoms with Gasteiger partial charge >= 0.3 is 0 Å². The molecule has 0 saturated carbocycles. The second-order valence-corrected chi connectivity index (χ2v) is 3.02. The minimum atomic E-state index is 0.254. The van der Waals surface area contributed by atoms with Crippen LogP contribution >= 0.6 is 0 Å². The Morgan fingerprint density at radius 3 is 3.00 bits per heavy atom. The summed E-state index contributed by atoms with van der Waals surface area (Å²) in [6.07, 6.45) is 1.77. The van der Waals surface area contributed by atoms with Gasteiger partial charge < -0.3 is 10.5 Å². The number of ether oxygens (including phenoxy) is 1. The molecule has 0 aliphatic rings. The number of nitrogens with two attached hydrogens (primary N) is 1. The van der Waals surface area contributed by atoms with E-state index >= 15 is 0 Å². The monoisotopic (exact) mass is 184 g/mol. The molecule has 0 aliphatic carbocycles. The van der Waals surface area contributed by atoms with Crippen LogP contribution in [-0.2, 0) is 17.8 Å². The number of nitrogens with zero attached hydrogens (tertiary/aromatic N) is 3. The molecule has 2 N–H and O–H groups in total. The summed E-state index contributed by atoms with van der Waals surface area (Å²) in [4.78, 5) is 4.00. The van der Waals surface area contributed by atoms with Crippen molar-refractivity contribution in [3.63, 3.8) is 0 Å². The van der Waals surface area contributed by atoms with Crippen LogP contribution in [0.5, 0.6) is 0 Å². The summed E-state index contributed by atoms with van der Waals surface area (Å²) in [6, 6.07) is 0. The number of aromatic nitrogens is 3. The van der Waals surface area contributed by atoms with E-state index in [9.17, 15) is 0 Å². The van der Waals surface area contributed by atoms with Crippen LogP contribution < -0.4 is 5.73 Å². The molecular weight excluding hydrogens is 168 g/mol. The largest absolute Gasteiger partial charge is 0.377 e. The maximum atomic E-state index is 5.46. The summed E-state index contributed by atoms with van der Waals surface area (Å²) < 4.78 is 7.15. The first kappa shape index (κ1) is 10.1. The second kappa shape index (κ2) is 4.94. The molecule has 1 heterocycles. The molecule has 0 unspecified atom stereocenters. The Labute approximate surface area is 77.9 Å². The van der Waals surface area contributed by atoms with E-state index < -0.39 is 0 Å². The zero-order valence-electron chi connectivity index (χ0n) is 8.10. The molecule has 0 spiro atoms. The van der Waals surface area contributed by atoms with E-state index in [1.54, 1.807) is 4.68 Å². The molecule has 0 amide bonds. The molecule has 0 atom stereocenters. The Hall–Kier alpha value is -0.940. The summed E-state index contributed by atoms with van der Waals surface area (Å²) in [7, 11) is 0. The maximum absolute atomic E-state index is 5.46. The van der Waals surface area contributed by atoms with E-state index in [1.807, 2.05) is 13.8 Å². The highest BCUT2D eigenvalue weighted by molar-refractivity contribution is 4.81. The van der Waals surface area contributed by atoms with E-state index in [-0.39, 0.29) is 6.10 Å². The van der Waals surface area contributed by atoms with Crippen LogP contribution in [0.1, 0.15) is 19.7 Å². The Balaban J connectivity index is 2.36. The van der Waals surface area contributed by atoms with Gasteiger partial charge in [-0.25, -0.2) is 9.67 Å². The minimum Gasteiger partial charge on any atom is -0.377 e. The zero-order chi connectivity index (χ0) is 9.68. The third-order valence-electron chi connectivity index (χ3n) is 1.63. The smallest absolute Gasteiger partial charge is 0.140 e. The summed E-state index contributed by atoms with van der Waals surface area (Å²) >= 11 is 0. The quantitative estimate of drug-likeness (QED) is 0.708. The van der Waals surface area contributed by atoms with Crippen LogP contribution in [0.2, 0.25) is 0 Å². The summed E-state index contributed by atoms with van der Waals surface area (Å²) in [5.74, 6) is 0.798. The van der Waals surface area contributed by atoms with Crippen molar-refractivity contribution >= 4 is 0 Å². The van der Waals surface area contributed by atoms with Crippen LogP contribution in [0.3, 0.4) is 0 Å². The maximum Gasteiger partial charge on any atom is 0.140 e. The van der Waals surface area contributed by atoms with Crippen LogP contribution in [0.4, 0.5) is 0 Å². The second-order valence-electron chi connectivity index (χ2n) is 3.02. The Kier molecular flexibility index (Phi) is 3.85. The highest BCUT2D eigenvalue weighted by Crippen LogP contribution is 1.94. The van der Waals surface area contributed by atoms with Crippen molar-refractivity contribution in [3.05, 3.63) is 12.2 Å². The van der Waals surface area contributed by atoms with Crippen molar-refractivity contribution in [1.29, 1.82) is 0 Å². The molecule has 1 rings (SSSR count). The molecule has 5 nitrogen and oxygen atoms in total. The van der Waals surface area contributed by atoms with Crippen molar-refractivity contribution in [2.24, 2.45) is 5.73 Å². The Morgan fingerprint density at radius 2 is 2.38 bits per heavy atom. The summed E-state index contributed by atoms with van der Waals surface area (Å²) in [5, 5.41) is 4.03. The molecule has 0 radical (unpaired) electrons. The van der Waals surface area contributed by atoms with Crippen LogP contribution in [0.25, 0.3) is 0 Å². The first-order chi connectivity index (χ1) is 6.24. The lowest BCUT2D eigenvalue weighted by Crippen LogP contribution is -2.15. The van der Waals surface area contributed by atoms with Gasteiger partial charge in [0.1, 0.15) is 12.2 Å². The van der Waals surface area contributed by atoms with Gasteiger partial charge in [0.05, 0.1) is 25.8 Å². The van der Waals surface area contributed by atoms with Gasteiger partial charge in [0.15, 0.2) is 0 Å². The highest BCUT2D eigenvalue weighted by Gasteiger charge is 2.01. The molecule has 1 aromatic rings. The Morgan fingerprint density at radius 1 is 1.62 bits per heavy atom. The van der Waals surface area contributed by atoms with Gasteiger partial charge in [-0.2, -0.15) is 5.10 Å². The van der Waals surface area contributed by atoms with E-state index in [4.69, 9.17) is 10.5 Å². The van der Waals surface area contributed by atoms with E-state index in [0.29, 0.717) is 19.7 Å². The zero-order valence-corrected chi connectivity index (χ0v) is 8.10. The highest BCUT2D eigenvalue weighted by atomic mass is 16.5. The third-order valence-corrected chi connectivity index (χ3v) is 1.63. The van der Waals surface area contributed by atoms with Gasteiger partial charge in [-0.3, -0.25) is 0 Å². The predicted octanol–water partition coefficient (Wildman–Crippen LogP) is 0.162. The lowest BCUT2D eigenvalue weighted by Gasteiger charge is -2.08. The van der Waals surface area contributed by atoms with Crippen LogP contribution in [0.15, 0.2) is 6.33 Å². The van der Waals surface area contributed by atoms with E-state index in [0.717, 1.165) is 5.82 Å². The fourth-order valence-electron chi connectivity index (χ4n) is 1.01. The molecule has 74 valence electrons. The number of hydrogen-bond acceptors (Lipinski definition) is 4. The molecule has 5 heteroatoms. The predicted molar refractivity (Wildman–Crippen MR) is 49.0 cm³/mol. The lowest BCUT2D eigenvalue weighted by molar-refractivity contribution is 0.0704. The van der Waals surface area contributed by atoms with E-state index in [2.05, 4.69) is 10.1 Å². The van der Waals surface area contributed by atoms with Crippen molar-refractivity contribution in [2.75, 3.05) is 6.61 Å². The topological polar surface area (TPSA) is 66.0 Å². The molecule has 0 aromatic carbocycles. The first-order valence-corrected chi connectivity index (χ1v) is 4.42. The molecule has 0 saturated heterocycles. The molecule has 13 heavy (non-hydrogen) atoms. The standard InChI is InChI=1S/C8H16N4O/c1-7(2)13-4-3-12-8(5-9)10-6-11-12/h6-7H,3-5,9H2,1-2H3. The van der Waals surface area contributed by atoms with Crippen molar-refractivity contribution in [1.82, 2.24) is 14.8 Å². The van der Waals surface area contributed by atoms with Crippen molar-refractivity contribution in [2.45, 2.75) is 33.0 Å². The summed E-state index contributed by atoms with van der Waals surface area (Å²) in [6.45, 7) is 5.79. The molecule has 1 aromatic heterocycles. The van der Waals surface area contributed by atoms with E-state index in [1.165, 1.54) is 6.33 Å². The average Bonchev–Trinajstić information content (AvgIpc) is 2.51. The van der Waals surface area contributed by atoms with Gasteiger partial charge in [0.25, 0.3) is 0 Å². The van der Waals surface area contributed by atoms with Gasteiger partial charge in [0.2, 0.25) is 0 Å². The fourth-order valence-corrected chi connectivity index (χ4v) is 1.01. The average molecular weight is 184 g/mol. The van der Waals surface area contributed by atoms with Crippen molar-refractivity contribution in [3.8, 4) is 0 Å². The number of rotatable bonds is 5. The fraction of sp³-hybridized carbons (Fsp3) is 0.750. The summed E-state index contributed by atoms with van der Waals surface area (Å²) in [5.41, 5.74) is 5.46. The molecule has 0 fully saturated rings. The minimum absolute atomic E-state index is 0.254. The van der Waals surface area contributed by atoms with Gasteiger partial charge in [-0.15, -0.1) is 0 Å². The molecule has 0 bridgehead atoms. The third kappa shape index (κ3) is 3.12. The molecule has 0 aliphatic heterocycles. The number of hydrogen-bond donors (Lipinski definition) is 1. The molecular formula is C8H16N4O. The SMILES string of the molecule is CC(C)OCCn1ncnc1CN. The lowest BCUT2D eigenvalue weighted by atomic mass is 10.5. The van der Waals surface area contributed by atoms with Crippen LogP contribution in [-0.4, -0.2) is 27.5 Å². The van der Waals surface area contributed by atoms with Gasteiger partial charge in [0, 0.05) is 0 Å². The first-order valence-electron chi connectivity index (χ1n) is 4.42. The normalized spacial score (nSPS) is 11.1. The Bertz CT molecular complexity index is 246. The van der Waals surface area contributed by atoms with Crippen LogP contribution in [0, 0.1) is 0 Å². The van der Waals surface area contributed by atoms with Gasteiger partial charge in [-0.05, 0) is 13.8 Å².